The molecular formula is C13H20O2. The monoisotopic (exact) mass is 208 g/mol. The number of aryl methyl sites for hydroxylation is 1. The molecule has 0 aliphatic carbocycles. The van der Waals surface area contributed by atoms with Gasteiger partial charge in [0.1, 0.15) is 11.5 Å². The van der Waals surface area contributed by atoms with Gasteiger partial charge >= 0.3 is 0 Å². The number of aromatic hydroxyl groups is 2. The second-order valence-corrected chi connectivity index (χ2v) is 3.88. The molecule has 0 aliphatic rings. The van der Waals surface area contributed by atoms with Gasteiger partial charge in [-0.1, -0.05) is 32.8 Å². The summed E-state index contributed by atoms with van der Waals surface area (Å²) < 4.78 is 0. The standard InChI is InChI=1S/C13H20O2/c1-3-5-6-7-10-8-9-12(14)11(4-2)13(10)15/h8-9,14-15H,3-7H2,1-2H3. The second-order valence-electron chi connectivity index (χ2n) is 3.88. The van der Waals surface area contributed by atoms with Crippen LogP contribution in [0.25, 0.3) is 0 Å². The average molecular weight is 208 g/mol. The van der Waals surface area contributed by atoms with Crippen molar-refractivity contribution in [3.05, 3.63) is 23.3 Å². The SMILES string of the molecule is CCCCCc1ccc(O)c(CC)c1O. The molecule has 0 bridgehead atoms. The Labute approximate surface area is 91.6 Å². The first-order chi connectivity index (χ1) is 7.20. The topological polar surface area (TPSA) is 40.5 Å². The van der Waals surface area contributed by atoms with Gasteiger partial charge < -0.3 is 10.2 Å². The molecule has 0 fully saturated rings. The van der Waals surface area contributed by atoms with E-state index in [0.29, 0.717) is 12.0 Å². The summed E-state index contributed by atoms with van der Waals surface area (Å²) >= 11 is 0. The number of benzene rings is 1. The van der Waals surface area contributed by atoms with E-state index in [1.807, 2.05) is 13.0 Å². The zero-order valence-electron chi connectivity index (χ0n) is 9.58. The number of hydrogen-bond acceptors (Lipinski definition) is 2. The highest BCUT2D eigenvalue weighted by molar-refractivity contribution is 5.48. The number of phenols is 2. The molecule has 15 heavy (non-hydrogen) atoms. The quantitative estimate of drug-likeness (QED) is 0.728. The van der Waals surface area contributed by atoms with E-state index in [0.717, 1.165) is 18.4 Å². The lowest BCUT2D eigenvalue weighted by atomic mass is 10.0. The van der Waals surface area contributed by atoms with Gasteiger partial charge in [-0.15, -0.1) is 0 Å². The van der Waals surface area contributed by atoms with E-state index in [2.05, 4.69) is 6.92 Å². The van der Waals surface area contributed by atoms with E-state index in [-0.39, 0.29) is 11.5 Å². The van der Waals surface area contributed by atoms with E-state index < -0.39 is 0 Å². The van der Waals surface area contributed by atoms with Gasteiger partial charge in [-0.05, 0) is 30.9 Å². The summed E-state index contributed by atoms with van der Waals surface area (Å²) in [7, 11) is 0. The van der Waals surface area contributed by atoms with Crippen molar-refractivity contribution in [3.63, 3.8) is 0 Å². The van der Waals surface area contributed by atoms with Crippen LogP contribution in [0, 0.1) is 0 Å². The molecule has 0 saturated heterocycles. The highest BCUT2D eigenvalue weighted by atomic mass is 16.3. The molecule has 0 amide bonds. The van der Waals surface area contributed by atoms with Gasteiger partial charge in [0.05, 0.1) is 0 Å². The molecule has 1 rings (SSSR count). The number of unbranched alkanes of at least 4 members (excludes halogenated alkanes) is 2. The Balaban J connectivity index is 2.80. The average Bonchev–Trinajstić information content (AvgIpc) is 2.22. The van der Waals surface area contributed by atoms with Crippen LogP contribution in [0.1, 0.15) is 44.2 Å². The van der Waals surface area contributed by atoms with Crippen LogP contribution >= 0.6 is 0 Å². The van der Waals surface area contributed by atoms with Crippen molar-refractivity contribution in [2.45, 2.75) is 46.0 Å². The molecule has 0 aromatic heterocycles. The molecule has 84 valence electrons. The molecule has 0 radical (unpaired) electrons. The first-order valence-electron chi connectivity index (χ1n) is 5.73. The zero-order valence-corrected chi connectivity index (χ0v) is 9.58. The third-order valence-electron chi connectivity index (χ3n) is 2.74. The maximum atomic E-state index is 9.91. The van der Waals surface area contributed by atoms with Crippen molar-refractivity contribution < 1.29 is 10.2 Å². The van der Waals surface area contributed by atoms with Gasteiger partial charge in [0.15, 0.2) is 0 Å². The summed E-state index contributed by atoms with van der Waals surface area (Å²) in [5.74, 6) is 0.489. The molecular weight excluding hydrogens is 188 g/mol. The predicted octanol–water partition coefficient (Wildman–Crippen LogP) is 3.39. The fourth-order valence-electron chi connectivity index (χ4n) is 1.79. The van der Waals surface area contributed by atoms with Crippen LogP contribution in [0.5, 0.6) is 11.5 Å². The van der Waals surface area contributed by atoms with Crippen LogP contribution < -0.4 is 0 Å². The molecule has 2 heteroatoms. The summed E-state index contributed by atoms with van der Waals surface area (Å²) in [6.45, 7) is 4.10. The lowest BCUT2D eigenvalue weighted by Gasteiger charge is -2.10. The van der Waals surface area contributed by atoms with Crippen LogP contribution in [-0.2, 0) is 12.8 Å². The van der Waals surface area contributed by atoms with Crippen molar-refractivity contribution >= 4 is 0 Å². The summed E-state index contributed by atoms with van der Waals surface area (Å²) in [6.07, 6.45) is 5.02. The number of hydrogen-bond donors (Lipinski definition) is 2. The summed E-state index contributed by atoms with van der Waals surface area (Å²) in [5.41, 5.74) is 1.63. The van der Waals surface area contributed by atoms with Gasteiger partial charge in [0.2, 0.25) is 0 Å². The largest absolute Gasteiger partial charge is 0.508 e. The molecule has 1 aromatic carbocycles. The van der Waals surface area contributed by atoms with Gasteiger partial charge in [0.25, 0.3) is 0 Å². The van der Waals surface area contributed by atoms with Crippen molar-refractivity contribution in [2.24, 2.45) is 0 Å². The van der Waals surface area contributed by atoms with Gasteiger partial charge in [0, 0.05) is 5.56 Å². The minimum absolute atomic E-state index is 0.203. The van der Waals surface area contributed by atoms with Gasteiger partial charge in [-0.3, -0.25) is 0 Å². The molecule has 0 heterocycles. The normalized spacial score (nSPS) is 10.5. The lowest BCUT2D eigenvalue weighted by Crippen LogP contribution is -1.91. The fourth-order valence-corrected chi connectivity index (χ4v) is 1.79. The summed E-state index contributed by atoms with van der Waals surface area (Å²) in [5, 5.41) is 19.4. The Morgan fingerprint density at radius 3 is 2.40 bits per heavy atom. The van der Waals surface area contributed by atoms with Gasteiger partial charge in [-0.25, -0.2) is 0 Å². The Morgan fingerprint density at radius 2 is 1.80 bits per heavy atom. The maximum Gasteiger partial charge on any atom is 0.125 e. The Bertz CT molecular complexity index is 319. The third kappa shape index (κ3) is 2.88. The Morgan fingerprint density at radius 1 is 1.07 bits per heavy atom. The van der Waals surface area contributed by atoms with E-state index >= 15 is 0 Å². The molecule has 0 spiro atoms. The van der Waals surface area contributed by atoms with Crippen LogP contribution in [0.2, 0.25) is 0 Å². The van der Waals surface area contributed by atoms with Crippen LogP contribution in [0.3, 0.4) is 0 Å². The first-order valence-corrected chi connectivity index (χ1v) is 5.73. The van der Waals surface area contributed by atoms with Crippen LogP contribution in [-0.4, -0.2) is 10.2 Å². The van der Waals surface area contributed by atoms with Crippen molar-refractivity contribution in [2.75, 3.05) is 0 Å². The summed E-state index contributed by atoms with van der Waals surface area (Å²) in [6, 6.07) is 3.50. The minimum Gasteiger partial charge on any atom is -0.508 e. The molecule has 0 saturated carbocycles. The van der Waals surface area contributed by atoms with E-state index in [1.54, 1.807) is 6.07 Å². The Hall–Kier alpha value is -1.18. The van der Waals surface area contributed by atoms with Crippen molar-refractivity contribution in [1.82, 2.24) is 0 Å². The Kier molecular flexibility index (Phi) is 4.47. The zero-order chi connectivity index (χ0) is 11.3. The molecule has 2 nitrogen and oxygen atoms in total. The van der Waals surface area contributed by atoms with Gasteiger partial charge in [-0.2, -0.15) is 0 Å². The predicted molar refractivity (Wildman–Crippen MR) is 62.4 cm³/mol. The third-order valence-corrected chi connectivity index (χ3v) is 2.74. The highest BCUT2D eigenvalue weighted by Crippen LogP contribution is 2.31. The van der Waals surface area contributed by atoms with E-state index in [9.17, 15) is 10.2 Å². The van der Waals surface area contributed by atoms with Crippen LogP contribution in [0.15, 0.2) is 12.1 Å². The smallest absolute Gasteiger partial charge is 0.125 e. The maximum absolute atomic E-state index is 9.91. The second kappa shape index (κ2) is 5.64. The van der Waals surface area contributed by atoms with E-state index in [4.69, 9.17) is 0 Å². The van der Waals surface area contributed by atoms with Crippen molar-refractivity contribution in [3.8, 4) is 11.5 Å². The fraction of sp³-hybridized carbons (Fsp3) is 0.538. The van der Waals surface area contributed by atoms with Crippen molar-refractivity contribution in [1.29, 1.82) is 0 Å². The molecule has 0 unspecified atom stereocenters. The molecule has 0 atom stereocenters. The van der Waals surface area contributed by atoms with Crippen LogP contribution in [0.4, 0.5) is 0 Å². The number of phenolic OH excluding ortho intramolecular Hbond substituents is 2. The molecule has 1 aromatic rings. The minimum atomic E-state index is 0.203. The number of rotatable bonds is 5. The molecule has 2 N–H and O–H groups in total. The lowest BCUT2D eigenvalue weighted by molar-refractivity contribution is 0.434. The first kappa shape index (κ1) is 11.9. The molecule has 0 aliphatic heterocycles. The summed E-state index contributed by atoms with van der Waals surface area (Å²) in [4.78, 5) is 0. The van der Waals surface area contributed by atoms with E-state index in [1.165, 1.54) is 12.8 Å². The highest BCUT2D eigenvalue weighted by Gasteiger charge is 2.09.